The zero-order valence-electron chi connectivity index (χ0n) is 14.5. The summed E-state index contributed by atoms with van der Waals surface area (Å²) in [5.74, 6) is -0.190. The summed E-state index contributed by atoms with van der Waals surface area (Å²) in [5.41, 5.74) is 2.05. The van der Waals surface area contributed by atoms with Gasteiger partial charge < -0.3 is 15.1 Å². The van der Waals surface area contributed by atoms with E-state index >= 15 is 0 Å². The number of benzene rings is 1. The molecule has 1 aromatic rings. The predicted octanol–water partition coefficient (Wildman–Crippen LogP) is 1.95. The van der Waals surface area contributed by atoms with Crippen molar-refractivity contribution in [2.45, 2.75) is 32.6 Å². The molecule has 0 spiro atoms. The normalized spacial score (nSPS) is 22.0. The summed E-state index contributed by atoms with van der Waals surface area (Å²) in [6.45, 7) is 6.37. The number of hydrogen-bond acceptors (Lipinski definition) is 3. The molecule has 2 aliphatic rings. The summed E-state index contributed by atoms with van der Waals surface area (Å²) in [5, 5.41) is 3.01. The van der Waals surface area contributed by atoms with Crippen LogP contribution in [0, 0.1) is 12.8 Å². The van der Waals surface area contributed by atoms with Crippen LogP contribution in [0.4, 0.5) is 5.69 Å². The van der Waals surface area contributed by atoms with E-state index in [-0.39, 0.29) is 17.7 Å². The monoisotopic (exact) mass is 329 g/mol. The van der Waals surface area contributed by atoms with Crippen molar-refractivity contribution < 1.29 is 9.59 Å². The van der Waals surface area contributed by atoms with Crippen LogP contribution in [0.15, 0.2) is 24.3 Å². The van der Waals surface area contributed by atoms with Crippen molar-refractivity contribution in [1.29, 1.82) is 0 Å². The first-order chi connectivity index (χ1) is 11.6. The first kappa shape index (κ1) is 17.0. The van der Waals surface area contributed by atoms with Crippen molar-refractivity contribution in [1.82, 2.24) is 10.2 Å². The van der Waals surface area contributed by atoms with Gasteiger partial charge >= 0.3 is 0 Å². The molecule has 2 fully saturated rings. The van der Waals surface area contributed by atoms with Gasteiger partial charge in [0.15, 0.2) is 0 Å². The smallest absolute Gasteiger partial charge is 0.227 e. The lowest BCUT2D eigenvalue weighted by Gasteiger charge is -2.26. The number of carbonyl (C=O) groups excluding carboxylic acids is 2. The number of aryl methyl sites for hydroxylation is 1. The number of rotatable bonds is 5. The van der Waals surface area contributed by atoms with Crippen molar-refractivity contribution in [3.05, 3.63) is 29.8 Å². The average Bonchev–Trinajstić information content (AvgIpc) is 2.98. The Balaban J connectivity index is 1.47. The molecule has 0 radical (unpaired) electrons. The maximum atomic E-state index is 12.4. The lowest BCUT2D eigenvalue weighted by molar-refractivity contribution is -0.126. The Kier molecular flexibility index (Phi) is 5.51. The molecule has 130 valence electrons. The van der Waals surface area contributed by atoms with Crippen molar-refractivity contribution in [3.8, 4) is 0 Å². The Morgan fingerprint density at radius 1 is 1.17 bits per heavy atom. The van der Waals surface area contributed by atoms with Gasteiger partial charge in [0, 0.05) is 31.7 Å². The molecule has 3 rings (SSSR count). The molecule has 24 heavy (non-hydrogen) atoms. The van der Waals surface area contributed by atoms with E-state index in [4.69, 9.17) is 0 Å². The summed E-state index contributed by atoms with van der Waals surface area (Å²) in [7, 11) is 0. The number of nitrogens with one attached hydrogen (secondary N) is 1. The molecule has 1 N–H and O–H groups in total. The lowest BCUT2D eigenvalue weighted by Crippen LogP contribution is -2.40. The average molecular weight is 329 g/mol. The van der Waals surface area contributed by atoms with Gasteiger partial charge in [0.25, 0.3) is 0 Å². The highest BCUT2D eigenvalue weighted by molar-refractivity contribution is 6.00. The molecule has 0 bridgehead atoms. The molecule has 0 aromatic heterocycles. The largest absolute Gasteiger partial charge is 0.355 e. The molecule has 2 saturated heterocycles. The molecule has 1 aromatic carbocycles. The highest BCUT2D eigenvalue weighted by Gasteiger charge is 2.34. The molecule has 2 amide bonds. The Hall–Kier alpha value is -1.88. The molecule has 2 aliphatic heterocycles. The van der Waals surface area contributed by atoms with Crippen LogP contribution in [0.25, 0.3) is 0 Å². The van der Waals surface area contributed by atoms with Crippen LogP contribution in [-0.4, -0.2) is 49.4 Å². The molecule has 1 unspecified atom stereocenters. The number of likely N-dealkylation sites (tertiary alicyclic amines) is 1. The predicted molar refractivity (Wildman–Crippen MR) is 94.9 cm³/mol. The van der Waals surface area contributed by atoms with Gasteiger partial charge in [-0.3, -0.25) is 9.59 Å². The highest BCUT2D eigenvalue weighted by Crippen LogP contribution is 2.25. The zero-order chi connectivity index (χ0) is 16.9. The fourth-order valence-electron chi connectivity index (χ4n) is 3.52. The van der Waals surface area contributed by atoms with E-state index < -0.39 is 0 Å². The van der Waals surface area contributed by atoms with Crippen LogP contribution < -0.4 is 10.2 Å². The number of anilines is 1. The van der Waals surface area contributed by atoms with E-state index in [0.717, 1.165) is 30.9 Å². The Morgan fingerprint density at radius 3 is 2.58 bits per heavy atom. The topological polar surface area (TPSA) is 52.7 Å². The fourth-order valence-corrected chi connectivity index (χ4v) is 3.52. The first-order valence-electron chi connectivity index (χ1n) is 9.00. The summed E-state index contributed by atoms with van der Waals surface area (Å²) in [4.78, 5) is 28.7. The van der Waals surface area contributed by atoms with Crippen molar-refractivity contribution in [3.63, 3.8) is 0 Å². The Bertz CT molecular complexity index is 579. The molecular weight excluding hydrogens is 302 g/mol. The van der Waals surface area contributed by atoms with E-state index in [1.165, 1.54) is 19.3 Å². The fraction of sp³-hybridized carbons (Fsp3) is 0.579. The van der Waals surface area contributed by atoms with E-state index in [0.29, 0.717) is 19.5 Å². The quantitative estimate of drug-likeness (QED) is 0.898. The standard InChI is InChI=1S/C19H27N3O2/c1-15-5-7-17(8-6-15)22-14-16(13-18(22)23)19(24)20-9-12-21-10-3-2-4-11-21/h5-8,16H,2-4,9-14H2,1H3,(H,20,24). The maximum absolute atomic E-state index is 12.4. The molecule has 0 aliphatic carbocycles. The summed E-state index contributed by atoms with van der Waals surface area (Å²) in [6, 6.07) is 7.89. The SMILES string of the molecule is Cc1ccc(N2CC(C(=O)NCCN3CCCCC3)CC2=O)cc1. The van der Waals surface area contributed by atoms with Gasteiger partial charge in [-0.2, -0.15) is 0 Å². The number of nitrogens with zero attached hydrogens (tertiary/aromatic N) is 2. The van der Waals surface area contributed by atoms with Crippen LogP contribution in [0.5, 0.6) is 0 Å². The van der Waals surface area contributed by atoms with Crippen LogP contribution in [-0.2, 0) is 9.59 Å². The number of amides is 2. The van der Waals surface area contributed by atoms with Crippen LogP contribution in [0.2, 0.25) is 0 Å². The molecule has 1 atom stereocenters. The number of piperidine rings is 1. The second kappa shape index (κ2) is 7.79. The molecule has 5 heteroatoms. The maximum Gasteiger partial charge on any atom is 0.227 e. The summed E-state index contributed by atoms with van der Waals surface area (Å²) < 4.78 is 0. The van der Waals surface area contributed by atoms with Crippen molar-refractivity contribution in [2.24, 2.45) is 5.92 Å². The van der Waals surface area contributed by atoms with Crippen LogP contribution >= 0.6 is 0 Å². The van der Waals surface area contributed by atoms with Gasteiger partial charge in [-0.15, -0.1) is 0 Å². The second-order valence-electron chi connectivity index (χ2n) is 6.93. The second-order valence-corrected chi connectivity index (χ2v) is 6.93. The van der Waals surface area contributed by atoms with Gasteiger partial charge in [0.1, 0.15) is 0 Å². The van der Waals surface area contributed by atoms with Crippen LogP contribution in [0.1, 0.15) is 31.2 Å². The van der Waals surface area contributed by atoms with Crippen molar-refractivity contribution in [2.75, 3.05) is 37.6 Å². The third-order valence-corrected chi connectivity index (χ3v) is 5.02. The Morgan fingerprint density at radius 2 is 1.88 bits per heavy atom. The van der Waals surface area contributed by atoms with Gasteiger partial charge in [0.2, 0.25) is 11.8 Å². The highest BCUT2D eigenvalue weighted by atomic mass is 16.2. The number of carbonyl (C=O) groups is 2. The zero-order valence-corrected chi connectivity index (χ0v) is 14.5. The number of hydrogen-bond donors (Lipinski definition) is 1. The summed E-state index contributed by atoms with van der Waals surface area (Å²) >= 11 is 0. The lowest BCUT2D eigenvalue weighted by atomic mass is 10.1. The van der Waals surface area contributed by atoms with Gasteiger partial charge in [-0.05, 0) is 45.0 Å². The van der Waals surface area contributed by atoms with E-state index in [2.05, 4.69) is 10.2 Å². The van der Waals surface area contributed by atoms with E-state index in [9.17, 15) is 9.59 Å². The summed E-state index contributed by atoms with van der Waals surface area (Å²) in [6.07, 6.45) is 4.15. The van der Waals surface area contributed by atoms with Gasteiger partial charge in [-0.25, -0.2) is 0 Å². The van der Waals surface area contributed by atoms with Crippen LogP contribution in [0.3, 0.4) is 0 Å². The van der Waals surface area contributed by atoms with Gasteiger partial charge in [-0.1, -0.05) is 24.1 Å². The minimum atomic E-state index is -0.236. The van der Waals surface area contributed by atoms with E-state index in [1.807, 2.05) is 31.2 Å². The van der Waals surface area contributed by atoms with Crippen molar-refractivity contribution >= 4 is 17.5 Å². The minimum absolute atomic E-state index is 0.00923. The first-order valence-corrected chi connectivity index (χ1v) is 9.00. The third-order valence-electron chi connectivity index (χ3n) is 5.02. The minimum Gasteiger partial charge on any atom is -0.355 e. The molecule has 5 nitrogen and oxygen atoms in total. The van der Waals surface area contributed by atoms with E-state index in [1.54, 1.807) is 4.90 Å². The molecule has 0 saturated carbocycles. The molecular formula is C19H27N3O2. The third kappa shape index (κ3) is 4.15. The van der Waals surface area contributed by atoms with Gasteiger partial charge in [0.05, 0.1) is 5.92 Å². The Labute approximate surface area is 144 Å². The molecule has 2 heterocycles.